The average Bonchev–Trinajstić information content (AvgIpc) is 2.42. The Bertz CT molecular complexity index is 352. The zero-order chi connectivity index (χ0) is 9.42. The molecular formula is C12H14O. The fourth-order valence-corrected chi connectivity index (χ4v) is 2.06. The van der Waals surface area contributed by atoms with E-state index in [-0.39, 0.29) is 5.78 Å². The summed E-state index contributed by atoms with van der Waals surface area (Å²) in [6.45, 7) is 3.88. The highest BCUT2D eigenvalue weighted by Gasteiger charge is 2.17. The Balaban J connectivity index is 2.40. The fraction of sp³-hybridized carbons (Fsp3) is 0.417. The third kappa shape index (κ3) is 1.51. The molecule has 68 valence electrons. The summed E-state index contributed by atoms with van der Waals surface area (Å²) in [6, 6.07) is 6.11. The van der Waals surface area contributed by atoms with Crippen LogP contribution in [0.3, 0.4) is 0 Å². The second-order valence-electron chi connectivity index (χ2n) is 4.05. The van der Waals surface area contributed by atoms with Crippen molar-refractivity contribution in [2.24, 2.45) is 5.92 Å². The van der Waals surface area contributed by atoms with E-state index in [0.29, 0.717) is 0 Å². The molecule has 1 aromatic rings. The molecule has 0 heterocycles. The predicted molar refractivity (Wildman–Crippen MR) is 53.0 cm³/mol. The Morgan fingerprint density at radius 2 is 2.00 bits per heavy atom. The van der Waals surface area contributed by atoms with Crippen LogP contribution in [0.2, 0.25) is 0 Å². The molecule has 1 unspecified atom stereocenters. The molecule has 13 heavy (non-hydrogen) atoms. The molecule has 0 fully saturated rings. The van der Waals surface area contributed by atoms with E-state index in [2.05, 4.69) is 19.1 Å². The number of hydrogen-bond donors (Lipinski definition) is 0. The van der Waals surface area contributed by atoms with Crippen LogP contribution in [0.4, 0.5) is 0 Å². The molecule has 0 spiro atoms. The van der Waals surface area contributed by atoms with Crippen molar-refractivity contribution in [1.29, 1.82) is 0 Å². The Hall–Kier alpha value is -1.11. The third-order valence-electron chi connectivity index (χ3n) is 2.75. The summed E-state index contributed by atoms with van der Waals surface area (Å²) in [5, 5.41) is 0. The molecule has 1 aliphatic carbocycles. The summed E-state index contributed by atoms with van der Waals surface area (Å²) in [5.74, 6) is 0.916. The van der Waals surface area contributed by atoms with Crippen LogP contribution in [0.15, 0.2) is 18.2 Å². The number of hydrogen-bond acceptors (Lipinski definition) is 1. The van der Waals surface area contributed by atoms with E-state index < -0.39 is 0 Å². The minimum absolute atomic E-state index is 0.169. The van der Waals surface area contributed by atoms with E-state index in [1.165, 1.54) is 17.5 Å². The molecule has 1 aliphatic rings. The highest BCUT2D eigenvalue weighted by Crippen LogP contribution is 2.27. The van der Waals surface area contributed by atoms with Crippen molar-refractivity contribution in [2.45, 2.75) is 26.7 Å². The third-order valence-corrected chi connectivity index (χ3v) is 2.75. The molecule has 1 aromatic carbocycles. The fourth-order valence-electron chi connectivity index (χ4n) is 2.06. The smallest absolute Gasteiger partial charge is 0.159 e. The van der Waals surface area contributed by atoms with Gasteiger partial charge in [-0.25, -0.2) is 0 Å². The molecular weight excluding hydrogens is 160 g/mol. The van der Waals surface area contributed by atoms with Crippen LogP contribution in [-0.4, -0.2) is 5.78 Å². The molecule has 0 aromatic heterocycles. The number of fused-ring (bicyclic) bond motifs is 1. The van der Waals surface area contributed by atoms with Crippen LogP contribution >= 0.6 is 0 Å². The lowest BCUT2D eigenvalue weighted by atomic mass is 10.0. The first-order valence-electron chi connectivity index (χ1n) is 4.79. The van der Waals surface area contributed by atoms with Gasteiger partial charge in [-0.3, -0.25) is 4.79 Å². The summed E-state index contributed by atoms with van der Waals surface area (Å²) in [5.41, 5.74) is 3.66. The normalized spacial score (nSPS) is 20.0. The molecule has 0 saturated carbocycles. The maximum Gasteiger partial charge on any atom is 0.159 e. The van der Waals surface area contributed by atoms with Gasteiger partial charge in [-0.05, 0) is 42.9 Å². The van der Waals surface area contributed by atoms with E-state index in [0.717, 1.165) is 17.9 Å². The van der Waals surface area contributed by atoms with E-state index in [9.17, 15) is 4.79 Å². The number of benzene rings is 1. The zero-order valence-corrected chi connectivity index (χ0v) is 8.13. The van der Waals surface area contributed by atoms with E-state index in [4.69, 9.17) is 0 Å². The van der Waals surface area contributed by atoms with Crippen LogP contribution in [0.5, 0.6) is 0 Å². The number of rotatable bonds is 1. The Labute approximate surface area is 78.8 Å². The summed E-state index contributed by atoms with van der Waals surface area (Å²) in [7, 11) is 0. The van der Waals surface area contributed by atoms with E-state index in [1.807, 2.05) is 6.07 Å². The van der Waals surface area contributed by atoms with Crippen molar-refractivity contribution in [1.82, 2.24) is 0 Å². The van der Waals surface area contributed by atoms with Gasteiger partial charge >= 0.3 is 0 Å². The maximum atomic E-state index is 11.1. The van der Waals surface area contributed by atoms with E-state index >= 15 is 0 Å². The van der Waals surface area contributed by atoms with Crippen LogP contribution < -0.4 is 0 Å². The second kappa shape index (κ2) is 2.99. The van der Waals surface area contributed by atoms with Crippen molar-refractivity contribution in [3.05, 3.63) is 34.9 Å². The average molecular weight is 174 g/mol. The molecule has 0 radical (unpaired) electrons. The van der Waals surface area contributed by atoms with Crippen LogP contribution in [-0.2, 0) is 12.8 Å². The first-order chi connectivity index (χ1) is 6.16. The van der Waals surface area contributed by atoms with Gasteiger partial charge in [-0.15, -0.1) is 0 Å². The van der Waals surface area contributed by atoms with Gasteiger partial charge in [-0.2, -0.15) is 0 Å². The van der Waals surface area contributed by atoms with Gasteiger partial charge in [0.2, 0.25) is 0 Å². The topological polar surface area (TPSA) is 17.1 Å². The van der Waals surface area contributed by atoms with Crippen LogP contribution in [0, 0.1) is 5.92 Å². The first-order valence-corrected chi connectivity index (χ1v) is 4.79. The number of carbonyl (C=O) groups excluding carboxylic acids is 1. The Morgan fingerprint density at radius 1 is 1.31 bits per heavy atom. The van der Waals surface area contributed by atoms with Gasteiger partial charge in [-0.1, -0.05) is 19.1 Å². The molecule has 2 rings (SSSR count). The molecule has 1 atom stereocenters. The minimum atomic E-state index is 0.169. The van der Waals surface area contributed by atoms with Crippen molar-refractivity contribution in [3.63, 3.8) is 0 Å². The predicted octanol–water partition coefficient (Wildman–Crippen LogP) is 2.62. The van der Waals surface area contributed by atoms with Crippen molar-refractivity contribution < 1.29 is 4.79 Å². The SMILES string of the molecule is CC(=O)c1ccc2c(c1)CC(C)C2. The lowest BCUT2D eigenvalue weighted by Gasteiger charge is -2.00. The summed E-state index contributed by atoms with van der Waals surface area (Å²) in [6.07, 6.45) is 2.31. The quantitative estimate of drug-likeness (QED) is 0.598. The van der Waals surface area contributed by atoms with Crippen molar-refractivity contribution in [3.8, 4) is 0 Å². The zero-order valence-electron chi connectivity index (χ0n) is 8.13. The maximum absolute atomic E-state index is 11.1. The molecule has 0 bridgehead atoms. The Kier molecular flexibility index (Phi) is 1.95. The van der Waals surface area contributed by atoms with Crippen molar-refractivity contribution in [2.75, 3.05) is 0 Å². The van der Waals surface area contributed by atoms with Crippen LogP contribution in [0.1, 0.15) is 35.3 Å². The van der Waals surface area contributed by atoms with Gasteiger partial charge in [0.15, 0.2) is 5.78 Å². The molecule has 1 nitrogen and oxygen atoms in total. The highest BCUT2D eigenvalue weighted by atomic mass is 16.1. The van der Waals surface area contributed by atoms with Crippen LogP contribution in [0.25, 0.3) is 0 Å². The largest absolute Gasteiger partial charge is 0.295 e. The van der Waals surface area contributed by atoms with Gasteiger partial charge in [0.25, 0.3) is 0 Å². The molecule has 0 amide bonds. The minimum Gasteiger partial charge on any atom is -0.295 e. The van der Waals surface area contributed by atoms with Gasteiger partial charge in [0.05, 0.1) is 0 Å². The number of ketones is 1. The lowest BCUT2D eigenvalue weighted by molar-refractivity contribution is 0.101. The van der Waals surface area contributed by atoms with Gasteiger partial charge in [0, 0.05) is 5.56 Å². The highest BCUT2D eigenvalue weighted by molar-refractivity contribution is 5.94. The summed E-state index contributed by atoms with van der Waals surface area (Å²) < 4.78 is 0. The van der Waals surface area contributed by atoms with Gasteiger partial charge in [0.1, 0.15) is 0 Å². The Morgan fingerprint density at radius 3 is 2.69 bits per heavy atom. The second-order valence-corrected chi connectivity index (χ2v) is 4.05. The summed E-state index contributed by atoms with van der Waals surface area (Å²) >= 11 is 0. The molecule has 1 heteroatoms. The number of carbonyl (C=O) groups is 1. The number of Topliss-reactive ketones (excluding diaryl/α,β-unsaturated/α-hetero) is 1. The molecule has 0 saturated heterocycles. The summed E-state index contributed by atoms with van der Waals surface area (Å²) in [4.78, 5) is 11.1. The van der Waals surface area contributed by atoms with E-state index in [1.54, 1.807) is 6.92 Å². The lowest BCUT2D eigenvalue weighted by Crippen LogP contribution is -1.93. The first kappa shape index (κ1) is 8.49. The standard InChI is InChI=1S/C12H14O/c1-8-5-11-4-3-10(9(2)13)7-12(11)6-8/h3-4,7-8H,5-6H2,1-2H3. The van der Waals surface area contributed by atoms with Crippen molar-refractivity contribution >= 4 is 5.78 Å². The monoisotopic (exact) mass is 174 g/mol. The molecule has 0 N–H and O–H groups in total. The molecule has 0 aliphatic heterocycles. The van der Waals surface area contributed by atoms with Gasteiger partial charge < -0.3 is 0 Å².